The summed E-state index contributed by atoms with van der Waals surface area (Å²) in [5.74, 6) is -14.6. The van der Waals surface area contributed by atoms with E-state index < -0.39 is 30.5 Å². The topological polar surface area (TPSA) is 79.7 Å². The van der Waals surface area contributed by atoms with Crippen LogP contribution in [-0.2, 0) is 11.2 Å². The molecule has 2 aromatic rings. The second-order valence-electron chi connectivity index (χ2n) is 8.79. The van der Waals surface area contributed by atoms with Crippen molar-refractivity contribution in [3.63, 3.8) is 0 Å². The third kappa shape index (κ3) is 9.79. The predicted molar refractivity (Wildman–Crippen MR) is 131 cm³/mol. The highest BCUT2D eigenvalue weighted by atomic mass is 19.4. The number of rotatable bonds is 16. The molecule has 13 heteroatoms. The number of carbonyl (C=O) groups excluding carboxylic acids is 1. The van der Waals surface area contributed by atoms with Gasteiger partial charge < -0.3 is 15.4 Å². The summed E-state index contributed by atoms with van der Waals surface area (Å²) in [6, 6.07) is 14.7. The van der Waals surface area contributed by atoms with Crippen LogP contribution >= 0.6 is 0 Å². The van der Waals surface area contributed by atoms with E-state index in [1.54, 1.807) is 24.3 Å². The van der Waals surface area contributed by atoms with Crippen LogP contribution in [0.15, 0.2) is 58.8 Å². The Morgan fingerprint density at radius 2 is 1.44 bits per heavy atom. The number of alkyl halides is 7. The third-order valence-electron chi connectivity index (χ3n) is 5.63. The van der Waals surface area contributed by atoms with Crippen molar-refractivity contribution in [3.8, 4) is 5.75 Å². The van der Waals surface area contributed by atoms with E-state index >= 15 is 0 Å². The molecular weight excluding hydrogens is 533 g/mol. The van der Waals surface area contributed by atoms with Crippen LogP contribution in [0.5, 0.6) is 5.75 Å². The minimum atomic E-state index is -6.56. The van der Waals surface area contributed by atoms with Crippen molar-refractivity contribution in [3.05, 3.63) is 54.1 Å². The van der Waals surface area contributed by atoms with E-state index in [1.807, 2.05) is 24.3 Å². The largest absolute Gasteiger partial charge is 0.488 e. The van der Waals surface area contributed by atoms with Gasteiger partial charge in [-0.25, -0.2) is 0 Å². The second kappa shape index (κ2) is 14.8. The van der Waals surface area contributed by atoms with Gasteiger partial charge in [-0.1, -0.05) is 38.3 Å². The molecule has 0 aromatic heterocycles. The van der Waals surface area contributed by atoms with Gasteiger partial charge in [-0.2, -0.15) is 41.0 Å². The molecule has 0 aliphatic rings. The zero-order chi connectivity index (χ0) is 28.9. The average molecular weight is 566 g/mol. The summed E-state index contributed by atoms with van der Waals surface area (Å²) < 4.78 is 94.0. The molecule has 3 N–H and O–H groups in total. The van der Waals surface area contributed by atoms with Crippen molar-refractivity contribution in [1.29, 1.82) is 0 Å². The lowest BCUT2D eigenvalue weighted by molar-refractivity contribution is -0.653. The highest BCUT2D eigenvalue weighted by Gasteiger charge is 2.76. The number of nitrogens with zero attached hydrogens (tertiary/aromatic N) is 2. The molecule has 39 heavy (non-hydrogen) atoms. The molecule has 2 aromatic carbocycles. The highest BCUT2D eigenvalue weighted by molar-refractivity contribution is 5.84. The number of amides is 1. The van der Waals surface area contributed by atoms with Crippen LogP contribution in [-0.4, -0.2) is 50.2 Å². The molecule has 2 rings (SSSR count). The first-order chi connectivity index (χ1) is 18.4. The molecule has 0 atom stereocenters. The molecule has 0 heterocycles. The summed E-state index contributed by atoms with van der Waals surface area (Å²) in [7, 11) is 0. The Balaban J connectivity index is 1.66. The summed E-state index contributed by atoms with van der Waals surface area (Å²) >= 11 is 0. The van der Waals surface area contributed by atoms with Gasteiger partial charge in [0.2, 0.25) is 0 Å². The zero-order valence-electron chi connectivity index (χ0n) is 21.4. The second-order valence-corrected chi connectivity index (χ2v) is 8.79. The number of benzene rings is 2. The molecule has 6 nitrogen and oxygen atoms in total. The molecule has 1 amide bonds. The quantitative estimate of drug-likeness (QED) is 0.146. The summed E-state index contributed by atoms with van der Waals surface area (Å²) in [6.07, 6.45) is -0.678. The number of aryl methyl sites for hydroxylation is 1. The number of nitrogens with two attached hydrogens (primary N) is 1. The molecule has 0 saturated heterocycles. The van der Waals surface area contributed by atoms with E-state index in [2.05, 4.69) is 17.2 Å². The number of hydrogen-bond donors (Lipinski definition) is 2. The Kier molecular flexibility index (Phi) is 12.1. The zero-order valence-corrected chi connectivity index (χ0v) is 21.4. The number of quaternary nitrogens is 1. The van der Waals surface area contributed by atoms with E-state index in [4.69, 9.17) is 4.74 Å². The van der Waals surface area contributed by atoms with Gasteiger partial charge in [0.25, 0.3) is 5.91 Å². The fourth-order valence-corrected chi connectivity index (χ4v) is 3.33. The Bertz CT molecular complexity index is 1040. The van der Waals surface area contributed by atoms with Crippen LogP contribution in [0.4, 0.5) is 42.1 Å². The maximum absolute atomic E-state index is 13.2. The fraction of sp³-hybridized carbons (Fsp3) is 0.500. The number of halogens is 7. The summed E-state index contributed by atoms with van der Waals surface area (Å²) in [6.45, 7) is 2.09. The van der Waals surface area contributed by atoms with Crippen molar-refractivity contribution in [2.24, 2.45) is 10.2 Å². The lowest BCUT2D eigenvalue weighted by atomic mass is 10.1. The number of azo groups is 1. The minimum Gasteiger partial charge on any atom is -0.488 e. The van der Waals surface area contributed by atoms with Gasteiger partial charge >= 0.3 is 18.0 Å². The summed E-state index contributed by atoms with van der Waals surface area (Å²) in [5, 5.41) is 11.3. The molecule has 0 bridgehead atoms. The monoisotopic (exact) mass is 565 g/mol. The molecule has 0 fully saturated rings. The van der Waals surface area contributed by atoms with Crippen LogP contribution in [0, 0.1) is 0 Å². The molecule has 0 spiro atoms. The van der Waals surface area contributed by atoms with Crippen molar-refractivity contribution < 1.29 is 45.6 Å². The molecule has 0 radical (unpaired) electrons. The minimum absolute atomic E-state index is 0.0398. The van der Waals surface area contributed by atoms with Gasteiger partial charge in [-0.15, -0.1) is 0 Å². The Labute approximate surface area is 222 Å². The Hall–Kier alpha value is -3.22. The maximum atomic E-state index is 13.2. The van der Waals surface area contributed by atoms with Gasteiger partial charge in [0.15, 0.2) is 0 Å². The SMILES string of the molecule is CCCCCCc1ccc(N=Nc2ccc(OCC[NH2+]CCNC(=O)C(F)(F)C(F)(F)C(F)(F)F)cc2)cc1. The molecule has 0 saturated carbocycles. The molecule has 216 valence electrons. The van der Waals surface area contributed by atoms with Crippen LogP contribution in [0.2, 0.25) is 0 Å². The first-order valence-corrected chi connectivity index (χ1v) is 12.5. The van der Waals surface area contributed by atoms with Crippen molar-refractivity contribution in [1.82, 2.24) is 5.32 Å². The normalized spacial score (nSPS) is 12.6. The van der Waals surface area contributed by atoms with Crippen LogP contribution in [0.3, 0.4) is 0 Å². The first-order valence-electron chi connectivity index (χ1n) is 12.5. The average Bonchev–Trinajstić information content (AvgIpc) is 2.89. The molecular formula is C26H32F7N4O2+. The van der Waals surface area contributed by atoms with Gasteiger partial charge in [0, 0.05) is 0 Å². The third-order valence-corrected chi connectivity index (χ3v) is 5.63. The van der Waals surface area contributed by atoms with Gasteiger partial charge in [-0.05, 0) is 54.8 Å². The summed E-state index contributed by atoms with van der Waals surface area (Å²) in [5.41, 5.74) is 2.61. The predicted octanol–water partition coefficient (Wildman–Crippen LogP) is 6.12. The number of carbonyl (C=O) groups is 1. The number of ether oxygens (including phenoxy) is 1. The Morgan fingerprint density at radius 3 is 2.00 bits per heavy atom. The van der Waals surface area contributed by atoms with E-state index in [0.29, 0.717) is 18.0 Å². The van der Waals surface area contributed by atoms with Gasteiger partial charge in [0.1, 0.15) is 18.9 Å². The van der Waals surface area contributed by atoms with Crippen molar-refractivity contribution in [2.45, 2.75) is 57.0 Å². The first kappa shape index (κ1) is 32.0. The molecule has 0 aliphatic carbocycles. The van der Waals surface area contributed by atoms with Crippen LogP contribution in [0.1, 0.15) is 38.2 Å². The standard InChI is InChI=1S/C26H31F7N4O2/c1-2-3-4-5-6-19-7-9-20(10-8-19)36-37-21-11-13-22(14-12-21)39-18-17-34-15-16-35-23(38)24(27,28)25(29,30)26(31,32)33/h7-14,34H,2-6,15-18H2,1H3,(H,35,38)/p+1. The molecule has 0 aliphatic heterocycles. The summed E-state index contributed by atoms with van der Waals surface area (Å²) in [4.78, 5) is 11.2. The van der Waals surface area contributed by atoms with Gasteiger partial charge in [0.05, 0.1) is 24.5 Å². The highest BCUT2D eigenvalue weighted by Crippen LogP contribution is 2.46. The van der Waals surface area contributed by atoms with Crippen LogP contribution < -0.4 is 15.4 Å². The lowest BCUT2D eigenvalue weighted by Gasteiger charge is -2.26. The fourth-order valence-electron chi connectivity index (χ4n) is 3.33. The molecule has 0 unspecified atom stereocenters. The lowest BCUT2D eigenvalue weighted by Crippen LogP contribution is -2.86. The van der Waals surface area contributed by atoms with E-state index in [1.165, 1.54) is 41.9 Å². The van der Waals surface area contributed by atoms with E-state index in [-0.39, 0.29) is 13.2 Å². The number of nitrogens with one attached hydrogen (secondary N) is 1. The smallest absolute Gasteiger partial charge is 0.460 e. The number of hydrogen-bond acceptors (Lipinski definition) is 4. The van der Waals surface area contributed by atoms with Crippen LogP contribution in [0.25, 0.3) is 0 Å². The van der Waals surface area contributed by atoms with E-state index in [0.717, 1.165) is 12.1 Å². The van der Waals surface area contributed by atoms with Crippen molar-refractivity contribution >= 4 is 17.3 Å². The van der Waals surface area contributed by atoms with Gasteiger partial charge in [-0.3, -0.25) is 4.79 Å². The van der Waals surface area contributed by atoms with E-state index in [9.17, 15) is 35.5 Å². The van der Waals surface area contributed by atoms with Crippen molar-refractivity contribution in [2.75, 3.05) is 26.2 Å². The Morgan fingerprint density at radius 1 is 0.846 bits per heavy atom. The number of unbranched alkanes of at least 4 members (excludes halogenated alkanes) is 3. The maximum Gasteiger partial charge on any atom is 0.460 e.